The van der Waals surface area contributed by atoms with Crippen molar-refractivity contribution in [3.05, 3.63) is 0 Å². The monoisotopic (exact) mass is 684 g/mol. The molecule has 0 saturated carbocycles. The highest BCUT2D eigenvalue weighted by atomic mass is 16.8. The molecule has 0 aromatic rings. The number of rotatable bonds is 11. The topological polar surface area (TPSA) is 379 Å². The summed E-state index contributed by atoms with van der Waals surface area (Å²) in [5.74, 6) is -2.43. The molecule has 46 heavy (non-hydrogen) atoms. The zero-order valence-corrected chi connectivity index (χ0v) is 24.0. The van der Waals surface area contributed by atoms with Crippen molar-refractivity contribution in [2.24, 2.45) is 0 Å². The Morgan fingerprint density at radius 2 is 1.00 bits per heavy atom. The van der Waals surface area contributed by atoms with Gasteiger partial charge >= 0.3 is 0 Å². The fourth-order valence-corrected chi connectivity index (χ4v) is 5.50. The van der Waals surface area contributed by atoms with Gasteiger partial charge in [-0.1, -0.05) is 0 Å². The summed E-state index contributed by atoms with van der Waals surface area (Å²) in [6.45, 7) is -4.25. The lowest BCUT2D eigenvalue weighted by Gasteiger charge is -2.47. The molecule has 4 fully saturated rings. The summed E-state index contributed by atoms with van der Waals surface area (Å²) in [5.41, 5.74) is 0. The Hall–Kier alpha value is -0.880. The summed E-state index contributed by atoms with van der Waals surface area (Å²) in [7, 11) is 0. The highest BCUT2D eigenvalue weighted by Gasteiger charge is 2.59. The van der Waals surface area contributed by atoms with Crippen LogP contribution in [0.4, 0.5) is 0 Å². The van der Waals surface area contributed by atoms with Crippen molar-refractivity contribution in [1.29, 1.82) is 0 Å². The van der Waals surface area contributed by atoms with E-state index in [-0.39, 0.29) is 5.48 Å². The minimum atomic E-state index is -2.43. The van der Waals surface area contributed by atoms with Crippen LogP contribution in [0.15, 0.2) is 0 Å². The Morgan fingerprint density at radius 3 is 1.54 bits per heavy atom. The van der Waals surface area contributed by atoms with E-state index in [1.165, 1.54) is 0 Å². The van der Waals surface area contributed by atoms with Gasteiger partial charge in [0.2, 0.25) is 5.79 Å². The second-order valence-electron chi connectivity index (χ2n) is 11.2. The number of aliphatic hydroxyl groups is 14. The number of hydrogen-bond donors (Lipinski definition) is 14. The molecule has 22 nitrogen and oxygen atoms in total. The van der Waals surface area contributed by atoms with E-state index in [4.69, 9.17) is 33.2 Å². The van der Waals surface area contributed by atoms with E-state index < -0.39 is 149 Å². The van der Waals surface area contributed by atoms with Crippen LogP contribution in [-0.4, -0.2) is 226 Å². The summed E-state index contributed by atoms with van der Waals surface area (Å²) in [5, 5.41) is 142. The fraction of sp³-hybridized carbons (Fsp3) is 1.00. The third-order valence-electron chi connectivity index (χ3n) is 8.28. The van der Waals surface area contributed by atoms with E-state index in [1.54, 1.807) is 0 Å². The minimum Gasteiger partial charge on any atom is -0.412 e. The van der Waals surface area contributed by atoms with Crippen molar-refractivity contribution in [3.63, 3.8) is 0 Å². The summed E-state index contributed by atoms with van der Waals surface area (Å²) in [4.78, 5) is 0. The average molecular weight is 685 g/mol. The summed E-state index contributed by atoms with van der Waals surface area (Å²) < 4.78 is 37.7. The first-order valence-corrected chi connectivity index (χ1v) is 14.1. The minimum absolute atomic E-state index is 0. The van der Waals surface area contributed by atoms with Crippen molar-refractivity contribution in [3.8, 4) is 0 Å². The predicted octanol–water partition coefficient (Wildman–Crippen LogP) is -10.6. The standard InChI is InChI=1S/C24H42O21.H2O/c25-1-6-10(29)13(32)16(35)21(40-6)39-4-9-11(30)14(33)17(36)22(42-9)43-19-8(3-27)41-23(18(37)15(19)34)45-24(5-28)20(38)12(31)7(2-26)44-24;/h6-23,25-38H,1-5H2;1H2/t6-,7-,8-,9-,10+,11+,12+,13-,14-,15+,16-,17-,18-,19-,20+,21-,22-,23-,24+;/m1./s1. The van der Waals surface area contributed by atoms with Gasteiger partial charge in [0, 0.05) is 0 Å². The van der Waals surface area contributed by atoms with Crippen LogP contribution >= 0.6 is 0 Å². The van der Waals surface area contributed by atoms with Crippen LogP contribution in [0.25, 0.3) is 0 Å². The molecule has 0 bridgehead atoms. The molecule has 4 saturated heterocycles. The Balaban J connectivity index is 0.00000576. The van der Waals surface area contributed by atoms with E-state index in [2.05, 4.69) is 0 Å². The Morgan fingerprint density at radius 1 is 0.500 bits per heavy atom. The Kier molecular flexibility index (Phi) is 13.9. The molecule has 16 N–H and O–H groups in total. The van der Waals surface area contributed by atoms with Crippen LogP contribution in [-0.2, 0) is 33.2 Å². The van der Waals surface area contributed by atoms with Crippen molar-refractivity contribution < 1.29 is 110 Å². The normalized spacial score (nSPS) is 51.5. The quantitative estimate of drug-likeness (QED) is 0.0960. The van der Waals surface area contributed by atoms with E-state index >= 15 is 0 Å². The maximum atomic E-state index is 10.9. The van der Waals surface area contributed by atoms with Crippen molar-refractivity contribution in [2.75, 3.05) is 33.0 Å². The first-order valence-electron chi connectivity index (χ1n) is 14.1. The molecule has 0 radical (unpaired) electrons. The van der Waals surface area contributed by atoms with Gasteiger partial charge in [0.05, 0.1) is 26.4 Å². The molecule has 0 aromatic carbocycles. The van der Waals surface area contributed by atoms with Gasteiger partial charge in [0.25, 0.3) is 0 Å². The van der Waals surface area contributed by atoms with Crippen LogP contribution in [0.3, 0.4) is 0 Å². The van der Waals surface area contributed by atoms with Crippen LogP contribution in [0.2, 0.25) is 0 Å². The molecule has 272 valence electrons. The maximum absolute atomic E-state index is 10.9. The van der Waals surface area contributed by atoms with E-state index in [9.17, 15) is 71.5 Å². The van der Waals surface area contributed by atoms with Crippen LogP contribution < -0.4 is 0 Å². The molecule has 0 spiro atoms. The lowest BCUT2D eigenvalue weighted by atomic mass is 9.96. The molecule has 0 aliphatic carbocycles. The Bertz CT molecular complexity index is 930. The van der Waals surface area contributed by atoms with Gasteiger partial charge in [-0.25, -0.2) is 0 Å². The zero-order valence-electron chi connectivity index (χ0n) is 24.0. The molecule has 22 heteroatoms. The largest absolute Gasteiger partial charge is 0.412 e. The van der Waals surface area contributed by atoms with Gasteiger partial charge in [0.1, 0.15) is 98.2 Å². The molecule has 4 aliphatic heterocycles. The Labute approximate surface area is 260 Å². The van der Waals surface area contributed by atoms with E-state index in [1.807, 2.05) is 0 Å². The number of aliphatic hydroxyl groups excluding tert-OH is 14. The van der Waals surface area contributed by atoms with Crippen LogP contribution in [0, 0.1) is 0 Å². The van der Waals surface area contributed by atoms with Crippen molar-refractivity contribution in [2.45, 2.75) is 116 Å². The molecule has 4 heterocycles. The van der Waals surface area contributed by atoms with E-state index in [0.29, 0.717) is 0 Å². The smallest absolute Gasteiger partial charge is 0.224 e. The van der Waals surface area contributed by atoms with Crippen molar-refractivity contribution in [1.82, 2.24) is 0 Å². The molecular formula is C24H44O22. The number of hydrogen-bond acceptors (Lipinski definition) is 21. The molecule has 4 aliphatic rings. The highest BCUT2D eigenvalue weighted by molar-refractivity contribution is 4.99. The van der Waals surface area contributed by atoms with Gasteiger partial charge < -0.3 is 110 Å². The van der Waals surface area contributed by atoms with Gasteiger partial charge in [-0.05, 0) is 0 Å². The second kappa shape index (κ2) is 16.2. The van der Waals surface area contributed by atoms with E-state index in [0.717, 1.165) is 0 Å². The lowest BCUT2D eigenvalue weighted by Crippen LogP contribution is -2.66. The second-order valence-corrected chi connectivity index (χ2v) is 11.2. The summed E-state index contributed by atoms with van der Waals surface area (Å²) >= 11 is 0. The first kappa shape index (κ1) is 39.6. The molecule has 4 rings (SSSR count). The number of ether oxygens (including phenoxy) is 7. The highest BCUT2D eigenvalue weighted by Crippen LogP contribution is 2.37. The zero-order chi connectivity index (χ0) is 33.4. The average Bonchev–Trinajstić information content (AvgIpc) is 3.28. The molecule has 19 atom stereocenters. The molecule has 0 aromatic heterocycles. The molecule has 0 unspecified atom stereocenters. The molecular weight excluding hydrogens is 640 g/mol. The summed E-state index contributed by atoms with van der Waals surface area (Å²) in [6, 6.07) is 0. The van der Waals surface area contributed by atoms with Crippen LogP contribution in [0.5, 0.6) is 0 Å². The third-order valence-corrected chi connectivity index (χ3v) is 8.28. The maximum Gasteiger partial charge on any atom is 0.224 e. The predicted molar refractivity (Wildman–Crippen MR) is 138 cm³/mol. The molecule has 0 amide bonds. The summed E-state index contributed by atoms with van der Waals surface area (Å²) in [6.07, 6.45) is -31.8. The SMILES string of the molecule is O.OC[C@H]1O[C@@H](OC[C@H]2O[C@H](O[C@H]3[C@@H](O)[C@@H](O)[C@@H](O[C@]4(CO)O[C@H](CO)[C@H](O)[C@@H]4O)O[C@@H]3CO)[C@H](O)[C@H](O)[C@H]2O)[C@H](O)[C@H](O)[C@H]1O. The third kappa shape index (κ3) is 7.48. The van der Waals surface area contributed by atoms with Gasteiger partial charge in [-0.15, -0.1) is 0 Å². The first-order chi connectivity index (χ1) is 21.2. The van der Waals surface area contributed by atoms with Crippen molar-refractivity contribution >= 4 is 0 Å². The van der Waals surface area contributed by atoms with Gasteiger partial charge in [0.15, 0.2) is 18.9 Å². The van der Waals surface area contributed by atoms with Gasteiger partial charge in [-0.2, -0.15) is 0 Å². The van der Waals surface area contributed by atoms with Crippen LogP contribution in [0.1, 0.15) is 0 Å². The van der Waals surface area contributed by atoms with Gasteiger partial charge in [-0.3, -0.25) is 0 Å². The lowest BCUT2D eigenvalue weighted by molar-refractivity contribution is -0.399. The fourth-order valence-electron chi connectivity index (χ4n) is 5.50.